The Hall–Kier alpha value is -3.14. The molecule has 0 bridgehead atoms. The summed E-state index contributed by atoms with van der Waals surface area (Å²) in [6.07, 6.45) is 3.32. The Morgan fingerprint density at radius 2 is 2.20 bits per heavy atom. The normalized spacial score (nSPS) is 11.2. The van der Waals surface area contributed by atoms with Crippen LogP contribution >= 0.6 is 11.3 Å². The fourth-order valence-corrected chi connectivity index (χ4v) is 3.41. The zero-order valence-corrected chi connectivity index (χ0v) is 14.1. The lowest BCUT2D eigenvalue weighted by Gasteiger charge is -2.05. The number of carbonyl (C=O) groups excluding carboxylic acids is 1. The van der Waals surface area contributed by atoms with Crippen molar-refractivity contribution in [1.29, 1.82) is 0 Å². The van der Waals surface area contributed by atoms with Gasteiger partial charge in [-0.2, -0.15) is 5.10 Å². The Kier molecular flexibility index (Phi) is 3.73. The summed E-state index contributed by atoms with van der Waals surface area (Å²) in [5.74, 6) is 0.545. The van der Waals surface area contributed by atoms with Crippen molar-refractivity contribution < 1.29 is 4.79 Å². The van der Waals surface area contributed by atoms with Crippen LogP contribution in [0.2, 0.25) is 0 Å². The maximum absolute atomic E-state index is 11.2. The molecule has 0 radical (unpaired) electrons. The van der Waals surface area contributed by atoms with Gasteiger partial charge in [-0.1, -0.05) is 5.21 Å². The molecule has 0 spiro atoms. The van der Waals surface area contributed by atoms with Gasteiger partial charge in [-0.3, -0.25) is 4.79 Å². The summed E-state index contributed by atoms with van der Waals surface area (Å²) in [5, 5.41) is 13.2. The molecule has 25 heavy (non-hydrogen) atoms. The van der Waals surface area contributed by atoms with E-state index in [2.05, 4.69) is 25.4 Å². The topological polar surface area (TPSA) is 117 Å². The van der Waals surface area contributed by atoms with Crippen LogP contribution in [0.3, 0.4) is 0 Å². The molecular formula is C15H14N8OS. The van der Waals surface area contributed by atoms with Crippen molar-refractivity contribution in [2.75, 3.05) is 0 Å². The number of nitrogens with two attached hydrogens (primary N) is 1. The molecule has 0 atom stereocenters. The molecule has 126 valence electrons. The number of carbonyl (C=O) groups is 1. The van der Waals surface area contributed by atoms with Gasteiger partial charge < -0.3 is 5.73 Å². The molecule has 10 heteroatoms. The van der Waals surface area contributed by atoms with Gasteiger partial charge in [0.15, 0.2) is 11.6 Å². The highest BCUT2D eigenvalue weighted by molar-refractivity contribution is 7.18. The van der Waals surface area contributed by atoms with Crippen LogP contribution in [-0.4, -0.2) is 40.6 Å². The molecule has 1 aromatic carbocycles. The maximum atomic E-state index is 11.2. The van der Waals surface area contributed by atoms with Crippen LogP contribution < -0.4 is 5.73 Å². The molecule has 1 amide bonds. The first-order valence-electron chi connectivity index (χ1n) is 7.53. The number of amides is 1. The molecule has 0 fully saturated rings. The molecule has 3 aromatic heterocycles. The Morgan fingerprint density at radius 1 is 1.32 bits per heavy atom. The average Bonchev–Trinajstić information content (AvgIpc) is 3.26. The van der Waals surface area contributed by atoms with E-state index in [0.717, 1.165) is 20.9 Å². The smallest absolute Gasteiger partial charge is 0.225 e. The van der Waals surface area contributed by atoms with Gasteiger partial charge in [0.1, 0.15) is 6.54 Å². The molecule has 0 aliphatic heterocycles. The molecular weight excluding hydrogens is 340 g/mol. The van der Waals surface area contributed by atoms with E-state index in [0.29, 0.717) is 18.2 Å². The van der Waals surface area contributed by atoms with Crippen LogP contribution in [0.1, 0.15) is 16.7 Å². The van der Waals surface area contributed by atoms with Gasteiger partial charge >= 0.3 is 0 Å². The molecule has 4 rings (SSSR count). The van der Waals surface area contributed by atoms with E-state index >= 15 is 0 Å². The van der Waals surface area contributed by atoms with E-state index in [1.165, 1.54) is 0 Å². The number of hydrogen-bond donors (Lipinski definition) is 1. The molecule has 3 heterocycles. The highest BCUT2D eigenvalue weighted by atomic mass is 32.1. The number of fused-ring (bicyclic) bond motifs is 1. The van der Waals surface area contributed by atoms with E-state index in [-0.39, 0.29) is 6.42 Å². The zero-order valence-electron chi connectivity index (χ0n) is 13.3. The van der Waals surface area contributed by atoms with Crippen LogP contribution in [0.25, 0.3) is 15.9 Å². The van der Waals surface area contributed by atoms with E-state index in [4.69, 9.17) is 5.73 Å². The van der Waals surface area contributed by atoms with Crippen molar-refractivity contribution in [1.82, 2.24) is 34.7 Å². The SMILES string of the molecule is Cc1nc2ccc(-n3nc(CC(N)=O)nc3Cn3ccnn3)cc2s1. The largest absolute Gasteiger partial charge is 0.369 e. The van der Waals surface area contributed by atoms with Gasteiger partial charge in [-0.05, 0) is 25.1 Å². The van der Waals surface area contributed by atoms with E-state index in [1.807, 2.05) is 25.1 Å². The second-order valence-electron chi connectivity index (χ2n) is 5.48. The second-order valence-corrected chi connectivity index (χ2v) is 6.72. The van der Waals surface area contributed by atoms with Gasteiger partial charge in [-0.25, -0.2) is 19.3 Å². The molecule has 0 unspecified atom stereocenters. The van der Waals surface area contributed by atoms with Crippen molar-refractivity contribution in [3.05, 3.63) is 47.2 Å². The third-order valence-electron chi connectivity index (χ3n) is 3.55. The van der Waals surface area contributed by atoms with Crippen molar-refractivity contribution in [3.8, 4) is 5.69 Å². The summed E-state index contributed by atoms with van der Waals surface area (Å²) in [7, 11) is 0. The predicted molar refractivity (Wildman–Crippen MR) is 91.3 cm³/mol. The number of aromatic nitrogens is 7. The van der Waals surface area contributed by atoms with E-state index < -0.39 is 5.91 Å². The van der Waals surface area contributed by atoms with E-state index in [1.54, 1.807) is 33.1 Å². The standard InChI is InChI=1S/C15H14N8OS/c1-9-18-11-3-2-10(6-12(11)25-9)23-15(8-22-5-4-17-21-22)19-14(20-23)7-13(16)24/h2-6H,7-8H2,1H3,(H2,16,24). The first-order valence-corrected chi connectivity index (χ1v) is 8.35. The van der Waals surface area contributed by atoms with Crippen molar-refractivity contribution in [3.63, 3.8) is 0 Å². The van der Waals surface area contributed by atoms with Crippen LogP contribution in [0.15, 0.2) is 30.6 Å². The minimum atomic E-state index is -0.474. The van der Waals surface area contributed by atoms with Gasteiger partial charge in [0.2, 0.25) is 5.91 Å². The summed E-state index contributed by atoms with van der Waals surface area (Å²) < 4.78 is 4.41. The maximum Gasteiger partial charge on any atom is 0.225 e. The van der Waals surface area contributed by atoms with Crippen LogP contribution in [0.4, 0.5) is 0 Å². The monoisotopic (exact) mass is 354 g/mol. The molecule has 0 aliphatic carbocycles. The molecule has 0 aliphatic rings. The second kappa shape index (κ2) is 6.06. The zero-order chi connectivity index (χ0) is 17.4. The number of rotatable bonds is 5. The number of primary amides is 1. The van der Waals surface area contributed by atoms with Crippen LogP contribution in [0.5, 0.6) is 0 Å². The summed E-state index contributed by atoms with van der Waals surface area (Å²) in [5.41, 5.74) is 7.06. The molecule has 4 aromatic rings. The first kappa shape index (κ1) is 15.4. The molecule has 9 nitrogen and oxygen atoms in total. The summed E-state index contributed by atoms with van der Waals surface area (Å²) in [6, 6.07) is 5.88. The lowest BCUT2D eigenvalue weighted by molar-refractivity contribution is -0.117. The number of hydrogen-bond acceptors (Lipinski definition) is 7. The average molecular weight is 354 g/mol. The lowest BCUT2D eigenvalue weighted by Crippen LogP contribution is -2.14. The summed E-state index contributed by atoms with van der Waals surface area (Å²) in [6.45, 7) is 2.35. The van der Waals surface area contributed by atoms with Crippen molar-refractivity contribution in [2.24, 2.45) is 5.73 Å². The minimum Gasteiger partial charge on any atom is -0.369 e. The van der Waals surface area contributed by atoms with Gasteiger partial charge in [0.05, 0.1) is 33.5 Å². The van der Waals surface area contributed by atoms with Crippen molar-refractivity contribution in [2.45, 2.75) is 19.9 Å². The quantitative estimate of drug-likeness (QED) is 0.568. The summed E-state index contributed by atoms with van der Waals surface area (Å²) >= 11 is 1.62. The Bertz CT molecular complexity index is 1050. The van der Waals surface area contributed by atoms with Gasteiger partial charge in [0.25, 0.3) is 0 Å². The minimum absolute atomic E-state index is 0.0146. The van der Waals surface area contributed by atoms with Gasteiger partial charge in [-0.15, -0.1) is 16.4 Å². The van der Waals surface area contributed by atoms with Crippen LogP contribution in [0, 0.1) is 6.92 Å². The molecule has 2 N–H and O–H groups in total. The predicted octanol–water partition coefficient (Wildman–Crippen LogP) is 0.853. The highest BCUT2D eigenvalue weighted by Crippen LogP contribution is 2.24. The molecule has 0 saturated heterocycles. The number of aryl methyl sites for hydroxylation is 1. The van der Waals surface area contributed by atoms with Crippen LogP contribution in [-0.2, 0) is 17.8 Å². The third kappa shape index (κ3) is 3.11. The Morgan fingerprint density at radius 3 is 2.96 bits per heavy atom. The number of nitrogens with zero attached hydrogens (tertiary/aromatic N) is 7. The number of thiazole rings is 1. The molecule has 0 saturated carbocycles. The first-order chi connectivity index (χ1) is 12.1. The highest BCUT2D eigenvalue weighted by Gasteiger charge is 2.15. The Labute approximate surface area is 146 Å². The number of benzene rings is 1. The lowest BCUT2D eigenvalue weighted by atomic mass is 10.3. The third-order valence-corrected chi connectivity index (χ3v) is 4.48. The van der Waals surface area contributed by atoms with Crippen molar-refractivity contribution >= 4 is 27.5 Å². The fourth-order valence-electron chi connectivity index (χ4n) is 2.55. The Balaban J connectivity index is 1.79. The van der Waals surface area contributed by atoms with E-state index in [9.17, 15) is 4.79 Å². The fraction of sp³-hybridized carbons (Fsp3) is 0.200. The van der Waals surface area contributed by atoms with Gasteiger partial charge in [0, 0.05) is 6.20 Å². The summed E-state index contributed by atoms with van der Waals surface area (Å²) in [4.78, 5) is 20.1.